The largest absolute Gasteiger partial charge is 0.493 e. The Balaban J connectivity index is 1.62. The van der Waals surface area contributed by atoms with Crippen LogP contribution >= 0.6 is 0 Å². The van der Waals surface area contributed by atoms with E-state index in [2.05, 4.69) is 11.4 Å². The molecule has 0 amide bonds. The summed E-state index contributed by atoms with van der Waals surface area (Å²) in [5.41, 5.74) is 1.21. The lowest BCUT2D eigenvalue weighted by Gasteiger charge is -2.25. The summed E-state index contributed by atoms with van der Waals surface area (Å²) < 4.78 is 5.65. The number of para-hydroxylation sites is 1. The number of hydrogen-bond acceptors (Lipinski definition) is 3. The van der Waals surface area contributed by atoms with Gasteiger partial charge in [0, 0.05) is 18.9 Å². The van der Waals surface area contributed by atoms with Crippen molar-refractivity contribution in [1.82, 2.24) is 5.32 Å². The molecule has 2 aliphatic rings. The first-order valence-corrected chi connectivity index (χ1v) is 7.30. The van der Waals surface area contributed by atoms with Crippen LogP contribution in [0.3, 0.4) is 0 Å². The van der Waals surface area contributed by atoms with Crippen LogP contribution in [0.15, 0.2) is 24.3 Å². The smallest absolute Gasteiger partial charge is 0.135 e. The highest BCUT2D eigenvalue weighted by molar-refractivity contribution is 5.80. The predicted octanol–water partition coefficient (Wildman–Crippen LogP) is 2.65. The summed E-state index contributed by atoms with van der Waals surface area (Å²) in [6.45, 7) is 1.80. The number of Topliss-reactive ketones (excluding diaryl/α,β-unsaturated/α-hetero) is 1. The second-order valence-corrected chi connectivity index (χ2v) is 5.61. The topological polar surface area (TPSA) is 38.3 Å². The van der Waals surface area contributed by atoms with Gasteiger partial charge in [-0.3, -0.25) is 4.79 Å². The van der Waals surface area contributed by atoms with Gasteiger partial charge in [0.2, 0.25) is 0 Å². The van der Waals surface area contributed by atoms with Gasteiger partial charge in [-0.2, -0.15) is 0 Å². The van der Waals surface area contributed by atoms with Crippen molar-refractivity contribution in [2.24, 2.45) is 0 Å². The summed E-state index contributed by atoms with van der Waals surface area (Å²) in [6, 6.07) is 8.54. The van der Waals surface area contributed by atoms with Gasteiger partial charge in [0.15, 0.2) is 0 Å². The van der Waals surface area contributed by atoms with Crippen molar-refractivity contribution in [2.45, 2.75) is 44.1 Å². The van der Waals surface area contributed by atoms with E-state index in [4.69, 9.17) is 4.74 Å². The monoisotopic (exact) mass is 259 g/mol. The first-order valence-electron chi connectivity index (χ1n) is 7.30. The Labute approximate surface area is 114 Å². The summed E-state index contributed by atoms with van der Waals surface area (Å²) in [5.74, 6) is 1.70. The van der Waals surface area contributed by atoms with E-state index in [0.717, 1.165) is 31.7 Å². The summed E-state index contributed by atoms with van der Waals surface area (Å²) in [6.07, 6.45) is 4.67. The van der Waals surface area contributed by atoms with Crippen molar-refractivity contribution < 1.29 is 9.53 Å². The molecule has 0 aromatic heterocycles. The normalized spacial score (nSPS) is 25.7. The van der Waals surface area contributed by atoms with E-state index in [0.29, 0.717) is 30.6 Å². The Hall–Kier alpha value is -1.35. The highest BCUT2D eigenvalue weighted by Gasteiger charge is 2.25. The molecule has 2 unspecified atom stereocenters. The molecule has 3 heteroatoms. The number of nitrogens with one attached hydrogen (secondary N) is 1. The third kappa shape index (κ3) is 2.98. The molecule has 19 heavy (non-hydrogen) atoms. The van der Waals surface area contributed by atoms with Crippen molar-refractivity contribution in [2.75, 3.05) is 13.2 Å². The van der Waals surface area contributed by atoms with E-state index in [1.165, 1.54) is 12.0 Å². The number of ether oxygens (including phenoxy) is 1. The Kier molecular flexibility index (Phi) is 3.83. The zero-order valence-corrected chi connectivity index (χ0v) is 11.2. The number of carbonyl (C=O) groups is 1. The van der Waals surface area contributed by atoms with E-state index in [1.54, 1.807) is 0 Å². The highest BCUT2D eigenvalue weighted by Crippen LogP contribution is 2.35. The molecule has 2 atom stereocenters. The molecule has 0 radical (unpaired) electrons. The second-order valence-electron chi connectivity index (χ2n) is 5.61. The number of benzene rings is 1. The maximum atomic E-state index is 12.2. The molecule has 1 fully saturated rings. The minimum absolute atomic E-state index is 0.346. The van der Waals surface area contributed by atoms with Crippen LogP contribution in [0.5, 0.6) is 5.75 Å². The van der Waals surface area contributed by atoms with Crippen LogP contribution in [0.25, 0.3) is 0 Å². The number of ketones is 1. The van der Waals surface area contributed by atoms with Gasteiger partial charge < -0.3 is 10.1 Å². The molecule has 3 rings (SSSR count). The van der Waals surface area contributed by atoms with Gasteiger partial charge in [0.05, 0.1) is 6.61 Å². The van der Waals surface area contributed by atoms with Crippen molar-refractivity contribution in [3.63, 3.8) is 0 Å². The molecule has 0 saturated carbocycles. The minimum Gasteiger partial charge on any atom is -0.493 e. The molecule has 1 aromatic carbocycles. The summed E-state index contributed by atoms with van der Waals surface area (Å²) in [5, 5.41) is 3.40. The molecule has 1 aromatic rings. The molecule has 1 N–H and O–H groups in total. The Bertz CT molecular complexity index is 452. The quantitative estimate of drug-likeness (QED) is 0.903. The number of carbonyl (C=O) groups excluding carboxylic acids is 1. The molecule has 0 spiro atoms. The predicted molar refractivity (Wildman–Crippen MR) is 74.6 cm³/mol. The molecule has 1 saturated heterocycles. The van der Waals surface area contributed by atoms with Crippen molar-refractivity contribution >= 4 is 5.78 Å². The van der Waals surface area contributed by atoms with Crippen molar-refractivity contribution in [3.05, 3.63) is 29.8 Å². The lowest BCUT2D eigenvalue weighted by Crippen LogP contribution is -2.26. The van der Waals surface area contributed by atoms with Crippen molar-refractivity contribution in [1.29, 1.82) is 0 Å². The molecule has 102 valence electrons. The van der Waals surface area contributed by atoms with Crippen LogP contribution in [0.1, 0.15) is 43.6 Å². The average Bonchev–Trinajstić information content (AvgIpc) is 2.92. The molecule has 0 aliphatic carbocycles. The second kappa shape index (κ2) is 5.74. The molecule has 2 aliphatic heterocycles. The van der Waals surface area contributed by atoms with Gasteiger partial charge in [-0.25, -0.2) is 0 Å². The number of hydrogen-bond donors (Lipinski definition) is 1. The molecule has 0 bridgehead atoms. The SMILES string of the molecule is O=C(CC1CCCN1)CC1CCOc2ccccc21. The minimum atomic E-state index is 0.346. The van der Waals surface area contributed by atoms with E-state index >= 15 is 0 Å². The fraction of sp³-hybridized carbons (Fsp3) is 0.562. The summed E-state index contributed by atoms with van der Waals surface area (Å²) in [7, 11) is 0. The number of rotatable bonds is 4. The summed E-state index contributed by atoms with van der Waals surface area (Å²) in [4.78, 5) is 12.2. The van der Waals surface area contributed by atoms with Crippen LogP contribution in [0, 0.1) is 0 Å². The fourth-order valence-electron chi connectivity index (χ4n) is 3.19. The van der Waals surface area contributed by atoms with Gasteiger partial charge in [-0.05, 0) is 43.4 Å². The molecule has 2 heterocycles. The average molecular weight is 259 g/mol. The van der Waals surface area contributed by atoms with Gasteiger partial charge >= 0.3 is 0 Å². The van der Waals surface area contributed by atoms with E-state index in [-0.39, 0.29) is 0 Å². The maximum Gasteiger partial charge on any atom is 0.135 e. The van der Waals surface area contributed by atoms with Gasteiger partial charge in [-0.1, -0.05) is 18.2 Å². The third-order valence-electron chi connectivity index (χ3n) is 4.19. The first kappa shape index (κ1) is 12.7. The van der Waals surface area contributed by atoms with Gasteiger partial charge in [0.1, 0.15) is 11.5 Å². The van der Waals surface area contributed by atoms with Gasteiger partial charge in [0.25, 0.3) is 0 Å². The van der Waals surface area contributed by atoms with Crippen LogP contribution in [-0.2, 0) is 4.79 Å². The van der Waals surface area contributed by atoms with Crippen LogP contribution in [0.2, 0.25) is 0 Å². The van der Waals surface area contributed by atoms with Crippen molar-refractivity contribution in [3.8, 4) is 5.75 Å². The standard InChI is InChI=1S/C16H21NO2/c18-14(11-13-4-3-8-17-13)10-12-7-9-19-16-6-2-1-5-15(12)16/h1-2,5-6,12-13,17H,3-4,7-11H2. The zero-order chi connectivity index (χ0) is 13.1. The lowest BCUT2D eigenvalue weighted by molar-refractivity contribution is -0.120. The van der Waals surface area contributed by atoms with Crippen LogP contribution in [-0.4, -0.2) is 25.0 Å². The van der Waals surface area contributed by atoms with Gasteiger partial charge in [-0.15, -0.1) is 0 Å². The molecule has 3 nitrogen and oxygen atoms in total. The first-order chi connectivity index (χ1) is 9.33. The molecular formula is C16H21NO2. The lowest BCUT2D eigenvalue weighted by atomic mass is 9.87. The third-order valence-corrected chi connectivity index (χ3v) is 4.19. The Morgan fingerprint density at radius 1 is 1.26 bits per heavy atom. The molecular weight excluding hydrogens is 238 g/mol. The van der Waals surface area contributed by atoms with Crippen LogP contribution < -0.4 is 10.1 Å². The van der Waals surface area contributed by atoms with E-state index < -0.39 is 0 Å². The Morgan fingerprint density at radius 3 is 3.00 bits per heavy atom. The van der Waals surface area contributed by atoms with E-state index in [1.807, 2.05) is 18.2 Å². The fourth-order valence-corrected chi connectivity index (χ4v) is 3.19. The van der Waals surface area contributed by atoms with Crippen LogP contribution in [0.4, 0.5) is 0 Å². The highest BCUT2D eigenvalue weighted by atomic mass is 16.5. The Morgan fingerprint density at radius 2 is 2.16 bits per heavy atom. The summed E-state index contributed by atoms with van der Waals surface area (Å²) >= 11 is 0. The van der Waals surface area contributed by atoms with E-state index in [9.17, 15) is 4.79 Å². The zero-order valence-electron chi connectivity index (χ0n) is 11.2. The number of fused-ring (bicyclic) bond motifs is 1. The maximum absolute atomic E-state index is 12.2.